The van der Waals surface area contributed by atoms with Crippen LogP contribution in [0.15, 0.2) is 18.2 Å². The molecule has 0 aliphatic carbocycles. The fourth-order valence-corrected chi connectivity index (χ4v) is 2.23. The molecule has 0 saturated heterocycles. The van der Waals surface area contributed by atoms with E-state index in [2.05, 4.69) is 26.1 Å². The Balaban J connectivity index is 2.99. The molecule has 3 N–H and O–H groups in total. The van der Waals surface area contributed by atoms with Crippen LogP contribution in [0.2, 0.25) is 0 Å². The Morgan fingerprint density at radius 3 is 2.26 bits per heavy atom. The van der Waals surface area contributed by atoms with Crippen LogP contribution < -0.4 is 14.8 Å². The number of benzene rings is 1. The first-order chi connectivity index (χ1) is 8.78. The van der Waals surface area contributed by atoms with Gasteiger partial charge < -0.3 is 19.9 Å². The molecule has 0 saturated carbocycles. The van der Waals surface area contributed by atoms with Crippen molar-refractivity contribution >= 4 is 0 Å². The van der Waals surface area contributed by atoms with Crippen molar-refractivity contribution < 1.29 is 19.9 Å². The lowest BCUT2D eigenvalue weighted by Gasteiger charge is -2.26. The lowest BCUT2D eigenvalue weighted by molar-refractivity contribution is -0.751. The highest BCUT2D eigenvalue weighted by molar-refractivity contribution is 5.41. The second-order valence-electron chi connectivity index (χ2n) is 5.94. The Morgan fingerprint density at radius 1 is 1.16 bits per heavy atom. The SMILES string of the molecule is COc1ccc(OC)c([C@@H](O)[C@H](C)[NH2+]C(C)(C)C)c1. The summed E-state index contributed by atoms with van der Waals surface area (Å²) in [6.07, 6.45) is -0.607. The van der Waals surface area contributed by atoms with Crippen LogP contribution >= 0.6 is 0 Å². The summed E-state index contributed by atoms with van der Waals surface area (Å²) in [7, 11) is 3.22. The van der Waals surface area contributed by atoms with E-state index in [9.17, 15) is 5.11 Å². The van der Waals surface area contributed by atoms with Gasteiger partial charge in [0.15, 0.2) is 0 Å². The summed E-state index contributed by atoms with van der Waals surface area (Å²) < 4.78 is 10.5. The first-order valence-electron chi connectivity index (χ1n) is 6.54. The van der Waals surface area contributed by atoms with E-state index in [0.717, 1.165) is 11.3 Å². The van der Waals surface area contributed by atoms with Crippen molar-refractivity contribution in [1.82, 2.24) is 0 Å². The van der Waals surface area contributed by atoms with Gasteiger partial charge in [-0.05, 0) is 45.9 Å². The van der Waals surface area contributed by atoms with Gasteiger partial charge >= 0.3 is 0 Å². The van der Waals surface area contributed by atoms with Crippen LogP contribution in [0.5, 0.6) is 11.5 Å². The van der Waals surface area contributed by atoms with Crippen molar-refractivity contribution in [3.8, 4) is 11.5 Å². The third-order valence-electron chi connectivity index (χ3n) is 3.02. The molecule has 0 heterocycles. The molecule has 0 unspecified atom stereocenters. The second kappa shape index (κ2) is 6.26. The minimum Gasteiger partial charge on any atom is -0.497 e. The van der Waals surface area contributed by atoms with Crippen LogP contribution in [0.3, 0.4) is 0 Å². The van der Waals surface area contributed by atoms with E-state index in [1.807, 2.05) is 25.1 Å². The van der Waals surface area contributed by atoms with Gasteiger partial charge in [-0.25, -0.2) is 0 Å². The van der Waals surface area contributed by atoms with E-state index in [1.165, 1.54) is 0 Å². The fourth-order valence-electron chi connectivity index (χ4n) is 2.23. The molecule has 1 aromatic rings. The minimum atomic E-state index is -0.607. The smallest absolute Gasteiger partial charge is 0.134 e. The van der Waals surface area contributed by atoms with Gasteiger partial charge in [0.1, 0.15) is 23.6 Å². The lowest BCUT2D eigenvalue weighted by Crippen LogP contribution is -2.99. The summed E-state index contributed by atoms with van der Waals surface area (Å²) in [5.74, 6) is 1.40. The fraction of sp³-hybridized carbons (Fsp3) is 0.600. The van der Waals surface area contributed by atoms with Crippen LogP contribution in [0, 0.1) is 0 Å². The number of ether oxygens (including phenoxy) is 2. The molecule has 4 nitrogen and oxygen atoms in total. The van der Waals surface area contributed by atoms with E-state index < -0.39 is 6.10 Å². The van der Waals surface area contributed by atoms with Gasteiger partial charge in [-0.1, -0.05) is 0 Å². The van der Waals surface area contributed by atoms with Crippen LogP contribution in [0.4, 0.5) is 0 Å². The zero-order valence-electron chi connectivity index (χ0n) is 12.7. The molecular formula is C15H26NO3+. The summed E-state index contributed by atoms with van der Waals surface area (Å²) >= 11 is 0. The summed E-state index contributed by atoms with van der Waals surface area (Å²) in [6.45, 7) is 8.38. The molecule has 0 amide bonds. The normalized spacial score (nSPS) is 14.9. The van der Waals surface area contributed by atoms with E-state index in [1.54, 1.807) is 14.2 Å². The van der Waals surface area contributed by atoms with Gasteiger partial charge in [-0.3, -0.25) is 0 Å². The van der Waals surface area contributed by atoms with E-state index in [4.69, 9.17) is 9.47 Å². The van der Waals surface area contributed by atoms with Gasteiger partial charge in [0.2, 0.25) is 0 Å². The predicted octanol–water partition coefficient (Wildman–Crippen LogP) is 1.49. The minimum absolute atomic E-state index is 0.0287. The maximum absolute atomic E-state index is 10.5. The quantitative estimate of drug-likeness (QED) is 0.850. The maximum Gasteiger partial charge on any atom is 0.134 e. The Morgan fingerprint density at radius 2 is 1.79 bits per heavy atom. The Bertz CT molecular complexity index is 412. The third-order valence-corrected chi connectivity index (χ3v) is 3.02. The molecular weight excluding hydrogens is 242 g/mol. The van der Waals surface area contributed by atoms with E-state index in [-0.39, 0.29) is 11.6 Å². The average Bonchev–Trinajstić information content (AvgIpc) is 2.35. The highest BCUT2D eigenvalue weighted by Gasteiger charge is 2.27. The number of aliphatic hydroxyl groups excluding tert-OH is 1. The van der Waals surface area contributed by atoms with Crippen LogP contribution in [-0.2, 0) is 0 Å². The summed E-state index contributed by atoms with van der Waals surface area (Å²) in [4.78, 5) is 0. The number of nitrogens with two attached hydrogens (primary N) is 1. The van der Waals surface area contributed by atoms with Crippen molar-refractivity contribution in [2.75, 3.05) is 14.2 Å². The van der Waals surface area contributed by atoms with Crippen molar-refractivity contribution in [1.29, 1.82) is 0 Å². The molecule has 2 atom stereocenters. The molecule has 0 bridgehead atoms. The van der Waals surface area contributed by atoms with Gasteiger partial charge in [0, 0.05) is 5.56 Å². The van der Waals surface area contributed by atoms with Gasteiger partial charge in [0.25, 0.3) is 0 Å². The van der Waals surface area contributed by atoms with Crippen molar-refractivity contribution in [3.63, 3.8) is 0 Å². The standard InChI is InChI=1S/C15H25NO3/c1-10(16-15(2,3)4)14(17)12-9-11(18-5)7-8-13(12)19-6/h7-10,14,16-17H,1-6H3/p+1/t10-,14-/m0/s1. The summed E-state index contributed by atoms with van der Waals surface area (Å²) in [5, 5.41) is 12.7. The molecule has 19 heavy (non-hydrogen) atoms. The molecule has 108 valence electrons. The number of hydrogen-bond acceptors (Lipinski definition) is 3. The zero-order chi connectivity index (χ0) is 14.6. The number of quaternary nitrogens is 1. The van der Waals surface area contributed by atoms with Crippen molar-refractivity contribution in [3.05, 3.63) is 23.8 Å². The highest BCUT2D eigenvalue weighted by atomic mass is 16.5. The number of methoxy groups -OCH3 is 2. The number of rotatable bonds is 5. The topological polar surface area (TPSA) is 55.3 Å². The Kier molecular flexibility index (Phi) is 5.20. The molecule has 0 aromatic heterocycles. The van der Waals surface area contributed by atoms with Gasteiger partial charge in [-0.15, -0.1) is 0 Å². The lowest BCUT2D eigenvalue weighted by atomic mass is 9.99. The Hall–Kier alpha value is -1.26. The largest absolute Gasteiger partial charge is 0.497 e. The molecule has 0 spiro atoms. The molecule has 0 radical (unpaired) electrons. The van der Waals surface area contributed by atoms with Gasteiger partial charge in [0.05, 0.1) is 19.8 Å². The predicted molar refractivity (Wildman–Crippen MR) is 75.6 cm³/mol. The third kappa shape index (κ3) is 4.40. The molecule has 0 aliphatic rings. The highest BCUT2D eigenvalue weighted by Crippen LogP contribution is 2.30. The summed E-state index contributed by atoms with van der Waals surface area (Å²) in [5.41, 5.74) is 0.821. The molecule has 0 fully saturated rings. The van der Waals surface area contributed by atoms with Gasteiger partial charge in [-0.2, -0.15) is 0 Å². The van der Waals surface area contributed by atoms with E-state index >= 15 is 0 Å². The molecule has 0 aliphatic heterocycles. The first-order valence-corrected chi connectivity index (χ1v) is 6.54. The maximum atomic E-state index is 10.5. The monoisotopic (exact) mass is 268 g/mol. The molecule has 1 rings (SSSR count). The second-order valence-corrected chi connectivity index (χ2v) is 5.94. The Labute approximate surface area is 115 Å². The van der Waals surface area contributed by atoms with Crippen molar-refractivity contribution in [2.24, 2.45) is 0 Å². The number of hydrogen-bond donors (Lipinski definition) is 2. The van der Waals surface area contributed by atoms with Crippen molar-refractivity contribution in [2.45, 2.75) is 45.4 Å². The van der Waals surface area contributed by atoms with Crippen LogP contribution in [0.1, 0.15) is 39.4 Å². The van der Waals surface area contributed by atoms with Crippen LogP contribution in [-0.4, -0.2) is 30.9 Å². The average molecular weight is 268 g/mol. The molecule has 4 heteroatoms. The van der Waals surface area contributed by atoms with Crippen LogP contribution in [0.25, 0.3) is 0 Å². The molecule has 1 aromatic carbocycles. The number of aliphatic hydroxyl groups is 1. The summed E-state index contributed by atoms with van der Waals surface area (Å²) in [6, 6.07) is 5.51. The zero-order valence-corrected chi connectivity index (χ0v) is 12.7. The first kappa shape index (κ1) is 15.8. The van der Waals surface area contributed by atoms with E-state index in [0.29, 0.717) is 5.75 Å².